The molecule has 0 bridgehead atoms. The van der Waals surface area contributed by atoms with Crippen LogP contribution in [0.1, 0.15) is 21.5 Å². The van der Waals surface area contributed by atoms with Crippen LogP contribution in [0.4, 0.5) is 11.4 Å². The van der Waals surface area contributed by atoms with Crippen LogP contribution in [0.5, 0.6) is 0 Å². The van der Waals surface area contributed by atoms with Gasteiger partial charge < -0.3 is 11.1 Å². The standard InChI is InChI=1S/C15H12ClN3O/c1-9-3-2-4-14(12(9)8-17)19-15(20)11-7-10(16)5-6-13(11)18/h2-7H,18H2,1H3,(H,19,20). The lowest BCUT2D eigenvalue weighted by molar-refractivity contribution is 0.102. The Morgan fingerprint density at radius 3 is 2.80 bits per heavy atom. The van der Waals surface area contributed by atoms with E-state index in [1.807, 2.05) is 13.0 Å². The van der Waals surface area contributed by atoms with Crippen LogP contribution < -0.4 is 11.1 Å². The van der Waals surface area contributed by atoms with Crippen LogP contribution in [0.25, 0.3) is 0 Å². The van der Waals surface area contributed by atoms with E-state index in [2.05, 4.69) is 11.4 Å². The molecule has 0 aliphatic heterocycles. The second kappa shape index (κ2) is 5.64. The normalized spacial score (nSPS) is 9.85. The Balaban J connectivity index is 2.36. The highest BCUT2D eigenvalue weighted by molar-refractivity contribution is 6.31. The molecule has 0 fully saturated rings. The van der Waals surface area contributed by atoms with Gasteiger partial charge in [-0.2, -0.15) is 5.26 Å². The van der Waals surface area contributed by atoms with Gasteiger partial charge in [-0.1, -0.05) is 23.7 Å². The summed E-state index contributed by atoms with van der Waals surface area (Å²) in [5.74, 6) is -0.396. The van der Waals surface area contributed by atoms with E-state index in [1.165, 1.54) is 6.07 Å². The second-order valence-electron chi connectivity index (χ2n) is 4.29. The molecule has 0 aliphatic rings. The summed E-state index contributed by atoms with van der Waals surface area (Å²) < 4.78 is 0. The van der Waals surface area contributed by atoms with Gasteiger partial charge >= 0.3 is 0 Å². The fourth-order valence-electron chi connectivity index (χ4n) is 1.84. The SMILES string of the molecule is Cc1cccc(NC(=O)c2cc(Cl)ccc2N)c1C#N. The Kier molecular flexibility index (Phi) is 3.92. The van der Waals surface area contributed by atoms with E-state index >= 15 is 0 Å². The number of carbonyl (C=O) groups is 1. The summed E-state index contributed by atoms with van der Waals surface area (Å²) in [6.07, 6.45) is 0. The number of nitrogens with one attached hydrogen (secondary N) is 1. The zero-order chi connectivity index (χ0) is 14.7. The van der Waals surface area contributed by atoms with Crippen molar-refractivity contribution in [2.75, 3.05) is 11.1 Å². The Morgan fingerprint density at radius 2 is 2.10 bits per heavy atom. The monoisotopic (exact) mass is 285 g/mol. The number of aryl methyl sites for hydroxylation is 1. The fourth-order valence-corrected chi connectivity index (χ4v) is 2.01. The zero-order valence-electron chi connectivity index (χ0n) is 10.8. The van der Waals surface area contributed by atoms with Crippen molar-refractivity contribution in [3.05, 3.63) is 58.1 Å². The number of hydrogen-bond acceptors (Lipinski definition) is 3. The molecule has 0 aliphatic carbocycles. The largest absolute Gasteiger partial charge is 0.398 e. The second-order valence-corrected chi connectivity index (χ2v) is 4.73. The maximum absolute atomic E-state index is 12.2. The van der Waals surface area contributed by atoms with Crippen molar-refractivity contribution in [1.29, 1.82) is 5.26 Å². The molecule has 0 aromatic heterocycles. The maximum Gasteiger partial charge on any atom is 0.257 e. The van der Waals surface area contributed by atoms with Gasteiger partial charge in [0.1, 0.15) is 6.07 Å². The number of amides is 1. The van der Waals surface area contributed by atoms with E-state index in [-0.39, 0.29) is 5.56 Å². The first-order valence-corrected chi connectivity index (χ1v) is 6.27. The molecule has 2 aromatic carbocycles. The number of nitrogens with zero attached hydrogens (tertiary/aromatic N) is 1. The Hall–Kier alpha value is -2.51. The summed E-state index contributed by atoms with van der Waals surface area (Å²) in [7, 11) is 0. The molecule has 2 aromatic rings. The number of nitrogens with two attached hydrogens (primary N) is 1. The van der Waals surface area contributed by atoms with Crippen LogP contribution in [0, 0.1) is 18.3 Å². The van der Waals surface area contributed by atoms with Gasteiger partial charge in [0.05, 0.1) is 16.8 Å². The summed E-state index contributed by atoms with van der Waals surface area (Å²) in [5, 5.41) is 12.2. The number of anilines is 2. The lowest BCUT2D eigenvalue weighted by Gasteiger charge is -2.10. The summed E-state index contributed by atoms with van der Waals surface area (Å²) in [6, 6.07) is 12.0. The molecule has 0 saturated heterocycles. The number of hydrogen-bond donors (Lipinski definition) is 2. The highest BCUT2D eigenvalue weighted by Gasteiger charge is 2.13. The van der Waals surface area contributed by atoms with E-state index in [1.54, 1.807) is 24.3 Å². The van der Waals surface area contributed by atoms with Gasteiger partial charge in [0.25, 0.3) is 5.91 Å². The van der Waals surface area contributed by atoms with E-state index in [9.17, 15) is 4.79 Å². The number of nitriles is 1. The van der Waals surface area contributed by atoms with Crippen LogP contribution in [0.3, 0.4) is 0 Å². The van der Waals surface area contributed by atoms with Gasteiger partial charge in [-0.3, -0.25) is 4.79 Å². The molecule has 5 heteroatoms. The highest BCUT2D eigenvalue weighted by atomic mass is 35.5. The number of nitrogen functional groups attached to an aromatic ring is 1. The van der Waals surface area contributed by atoms with E-state index in [4.69, 9.17) is 22.6 Å². The van der Waals surface area contributed by atoms with Crippen LogP contribution in [-0.4, -0.2) is 5.91 Å². The Morgan fingerprint density at radius 1 is 1.35 bits per heavy atom. The predicted molar refractivity (Wildman–Crippen MR) is 79.7 cm³/mol. The fraction of sp³-hybridized carbons (Fsp3) is 0.0667. The molecule has 0 saturated carbocycles. The number of halogens is 1. The molecule has 100 valence electrons. The summed E-state index contributed by atoms with van der Waals surface area (Å²) in [6.45, 7) is 1.81. The van der Waals surface area contributed by atoms with Gasteiger partial charge in [-0.25, -0.2) is 0 Å². The lowest BCUT2D eigenvalue weighted by Crippen LogP contribution is -2.15. The van der Waals surface area contributed by atoms with E-state index in [0.29, 0.717) is 22.0 Å². The molecule has 4 nitrogen and oxygen atoms in total. The first-order chi connectivity index (χ1) is 9.52. The minimum atomic E-state index is -0.396. The molecule has 20 heavy (non-hydrogen) atoms. The molecular formula is C15H12ClN3O. The van der Waals surface area contributed by atoms with Gasteiger partial charge in [0.2, 0.25) is 0 Å². The zero-order valence-corrected chi connectivity index (χ0v) is 11.5. The number of carbonyl (C=O) groups excluding carboxylic acids is 1. The quantitative estimate of drug-likeness (QED) is 0.831. The van der Waals surface area contributed by atoms with Crippen molar-refractivity contribution in [2.24, 2.45) is 0 Å². The Bertz CT molecular complexity index is 720. The van der Waals surface area contributed by atoms with E-state index < -0.39 is 5.91 Å². The third-order valence-electron chi connectivity index (χ3n) is 2.89. The molecule has 1 amide bonds. The van der Waals surface area contributed by atoms with Crippen LogP contribution in [0.2, 0.25) is 5.02 Å². The molecule has 3 N–H and O–H groups in total. The van der Waals surface area contributed by atoms with Crippen molar-refractivity contribution in [1.82, 2.24) is 0 Å². The molecular weight excluding hydrogens is 274 g/mol. The first kappa shape index (κ1) is 13.9. The van der Waals surface area contributed by atoms with Gasteiger partial charge in [-0.15, -0.1) is 0 Å². The van der Waals surface area contributed by atoms with Gasteiger partial charge in [0, 0.05) is 10.7 Å². The summed E-state index contributed by atoms with van der Waals surface area (Å²) >= 11 is 5.86. The number of benzene rings is 2. The van der Waals surface area contributed by atoms with Crippen molar-refractivity contribution in [2.45, 2.75) is 6.92 Å². The summed E-state index contributed by atoms with van der Waals surface area (Å²) in [4.78, 5) is 12.2. The lowest BCUT2D eigenvalue weighted by atomic mass is 10.1. The van der Waals surface area contributed by atoms with Gasteiger partial charge in [0.15, 0.2) is 0 Å². The summed E-state index contributed by atoms with van der Waals surface area (Å²) in [5.41, 5.74) is 8.06. The topological polar surface area (TPSA) is 78.9 Å². The average molecular weight is 286 g/mol. The smallest absolute Gasteiger partial charge is 0.257 e. The molecule has 0 spiro atoms. The number of rotatable bonds is 2. The third-order valence-corrected chi connectivity index (χ3v) is 3.13. The molecule has 0 unspecified atom stereocenters. The molecule has 0 heterocycles. The van der Waals surface area contributed by atoms with E-state index in [0.717, 1.165) is 5.56 Å². The highest BCUT2D eigenvalue weighted by Crippen LogP contribution is 2.22. The molecule has 2 rings (SSSR count). The minimum Gasteiger partial charge on any atom is -0.398 e. The van der Waals surface area contributed by atoms with Gasteiger partial charge in [-0.05, 0) is 36.8 Å². The first-order valence-electron chi connectivity index (χ1n) is 5.89. The average Bonchev–Trinajstić information content (AvgIpc) is 2.41. The minimum absolute atomic E-state index is 0.280. The van der Waals surface area contributed by atoms with Crippen molar-refractivity contribution in [3.8, 4) is 6.07 Å². The Labute approximate surface area is 121 Å². The molecule has 0 radical (unpaired) electrons. The van der Waals surface area contributed by atoms with Crippen molar-refractivity contribution < 1.29 is 4.79 Å². The van der Waals surface area contributed by atoms with Crippen LogP contribution >= 0.6 is 11.6 Å². The van der Waals surface area contributed by atoms with Crippen molar-refractivity contribution >= 4 is 28.9 Å². The third kappa shape index (κ3) is 2.73. The maximum atomic E-state index is 12.2. The predicted octanol–water partition coefficient (Wildman–Crippen LogP) is 3.35. The van der Waals surface area contributed by atoms with Crippen LogP contribution in [0.15, 0.2) is 36.4 Å². The molecule has 0 atom stereocenters. The van der Waals surface area contributed by atoms with Crippen molar-refractivity contribution in [3.63, 3.8) is 0 Å². The van der Waals surface area contributed by atoms with Crippen LogP contribution in [-0.2, 0) is 0 Å².